The van der Waals surface area contributed by atoms with Crippen LogP contribution in [0.3, 0.4) is 0 Å². The number of carbonyl (C=O) groups is 2. The SMILES string of the molecule is CCCC[C@H](NC(=O)Nc1cc(Cl)c(C)cc1Br)C(=O)O. The van der Waals surface area contributed by atoms with E-state index in [9.17, 15) is 9.59 Å². The van der Waals surface area contributed by atoms with E-state index in [4.69, 9.17) is 16.7 Å². The van der Waals surface area contributed by atoms with Crippen molar-refractivity contribution >= 4 is 45.2 Å². The zero-order valence-electron chi connectivity index (χ0n) is 11.9. The van der Waals surface area contributed by atoms with Gasteiger partial charge < -0.3 is 15.7 Å². The van der Waals surface area contributed by atoms with Gasteiger partial charge in [-0.2, -0.15) is 0 Å². The number of hydrogen-bond acceptors (Lipinski definition) is 2. The van der Waals surface area contributed by atoms with E-state index in [0.717, 1.165) is 18.4 Å². The van der Waals surface area contributed by atoms with Gasteiger partial charge in [0, 0.05) is 9.50 Å². The van der Waals surface area contributed by atoms with E-state index in [1.54, 1.807) is 12.1 Å². The molecule has 0 bridgehead atoms. The number of hydrogen-bond donors (Lipinski definition) is 3. The number of urea groups is 1. The zero-order valence-corrected chi connectivity index (χ0v) is 14.2. The third-order valence-electron chi connectivity index (χ3n) is 2.95. The number of carboxylic acids is 1. The molecule has 0 fully saturated rings. The second-order valence-electron chi connectivity index (χ2n) is 4.71. The fourth-order valence-corrected chi connectivity index (χ4v) is 2.44. The Labute approximate surface area is 137 Å². The molecule has 0 saturated heterocycles. The molecule has 1 aromatic carbocycles. The third-order valence-corrected chi connectivity index (χ3v) is 4.01. The average Bonchev–Trinajstić information content (AvgIpc) is 2.40. The highest BCUT2D eigenvalue weighted by Crippen LogP contribution is 2.29. The van der Waals surface area contributed by atoms with Gasteiger partial charge in [0.25, 0.3) is 0 Å². The van der Waals surface area contributed by atoms with Crippen LogP contribution in [0.5, 0.6) is 0 Å². The van der Waals surface area contributed by atoms with Crippen LogP contribution in [-0.4, -0.2) is 23.1 Å². The number of anilines is 1. The number of aliphatic carboxylic acids is 1. The zero-order chi connectivity index (χ0) is 16.0. The first kappa shape index (κ1) is 17.8. The Morgan fingerprint density at radius 1 is 1.43 bits per heavy atom. The molecule has 0 aliphatic carbocycles. The van der Waals surface area contributed by atoms with E-state index in [2.05, 4.69) is 26.6 Å². The van der Waals surface area contributed by atoms with Crippen molar-refractivity contribution in [2.45, 2.75) is 39.2 Å². The molecule has 7 heteroatoms. The van der Waals surface area contributed by atoms with E-state index < -0.39 is 18.0 Å². The molecule has 0 aliphatic heterocycles. The van der Waals surface area contributed by atoms with Crippen molar-refractivity contribution in [3.05, 3.63) is 27.2 Å². The Morgan fingerprint density at radius 2 is 2.10 bits per heavy atom. The number of amides is 2. The maximum absolute atomic E-state index is 11.9. The standard InChI is InChI=1S/C14H18BrClN2O3/c1-3-4-5-11(13(19)20)17-14(21)18-12-7-10(16)8(2)6-9(12)15/h6-7,11H,3-5H2,1-2H3,(H,19,20)(H2,17,18,21)/t11-/m0/s1. The van der Waals surface area contributed by atoms with Crippen molar-refractivity contribution in [2.75, 3.05) is 5.32 Å². The Kier molecular flexibility index (Phi) is 6.98. The van der Waals surface area contributed by atoms with Crippen molar-refractivity contribution in [3.63, 3.8) is 0 Å². The minimum atomic E-state index is -1.04. The maximum Gasteiger partial charge on any atom is 0.326 e. The Morgan fingerprint density at radius 3 is 2.67 bits per heavy atom. The van der Waals surface area contributed by atoms with Crippen molar-refractivity contribution in [1.29, 1.82) is 0 Å². The summed E-state index contributed by atoms with van der Waals surface area (Å²) in [6.07, 6.45) is 2.00. The second kappa shape index (κ2) is 8.24. The summed E-state index contributed by atoms with van der Waals surface area (Å²) < 4.78 is 0.681. The first-order chi connectivity index (χ1) is 9.85. The largest absolute Gasteiger partial charge is 0.480 e. The van der Waals surface area contributed by atoms with Gasteiger partial charge in [0.2, 0.25) is 0 Å². The van der Waals surface area contributed by atoms with Gasteiger partial charge in [-0.1, -0.05) is 31.4 Å². The van der Waals surface area contributed by atoms with Crippen molar-refractivity contribution in [3.8, 4) is 0 Å². The molecule has 5 nitrogen and oxygen atoms in total. The quantitative estimate of drug-likeness (QED) is 0.696. The van der Waals surface area contributed by atoms with Gasteiger partial charge in [-0.3, -0.25) is 0 Å². The van der Waals surface area contributed by atoms with Gasteiger partial charge in [-0.15, -0.1) is 0 Å². The number of unbranched alkanes of at least 4 members (excludes halogenated alkanes) is 1. The van der Waals surface area contributed by atoms with Gasteiger partial charge in [0.05, 0.1) is 5.69 Å². The number of aryl methyl sites for hydroxylation is 1. The summed E-state index contributed by atoms with van der Waals surface area (Å²) in [6.45, 7) is 3.81. The minimum Gasteiger partial charge on any atom is -0.480 e. The summed E-state index contributed by atoms with van der Waals surface area (Å²) >= 11 is 9.34. The summed E-state index contributed by atoms with van der Waals surface area (Å²) in [7, 11) is 0. The van der Waals surface area contributed by atoms with Crippen LogP contribution in [0.1, 0.15) is 31.7 Å². The molecule has 116 valence electrons. The summed E-state index contributed by atoms with van der Waals surface area (Å²) in [6, 6.07) is 1.93. The van der Waals surface area contributed by atoms with E-state index in [0.29, 0.717) is 21.6 Å². The highest BCUT2D eigenvalue weighted by atomic mass is 79.9. The number of halogens is 2. The number of carboxylic acid groups (broad SMARTS) is 1. The summed E-state index contributed by atoms with van der Waals surface area (Å²) in [4.78, 5) is 23.0. The van der Waals surface area contributed by atoms with E-state index in [-0.39, 0.29) is 0 Å². The molecule has 1 rings (SSSR count). The Hall–Kier alpha value is -1.27. The third kappa shape index (κ3) is 5.55. The van der Waals surface area contributed by atoms with Gasteiger partial charge in [-0.25, -0.2) is 9.59 Å². The first-order valence-electron chi connectivity index (χ1n) is 6.61. The first-order valence-corrected chi connectivity index (χ1v) is 7.78. The second-order valence-corrected chi connectivity index (χ2v) is 5.97. The van der Waals surface area contributed by atoms with Crippen LogP contribution in [0.15, 0.2) is 16.6 Å². The van der Waals surface area contributed by atoms with Crippen LogP contribution >= 0.6 is 27.5 Å². The highest BCUT2D eigenvalue weighted by Gasteiger charge is 2.19. The summed E-state index contributed by atoms with van der Waals surface area (Å²) in [5.74, 6) is -1.04. The molecule has 0 heterocycles. The fraction of sp³-hybridized carbons (Fsp3) is 0.429. The van der Waals surface area contributed by atoms with E-state index in [1.165, 1.54) is 0 Å². The minimum absolute atomic E-state index is 0.398. The Bertz CT molecular complexity index is 537. The van der Waals surface area contributed by atoms with Gasteiger partial charge in [0.15, 0.2) is 0 Å². The molecule has 0 saturated carbocycles. The predicted octanol–water partition coefficient (Wildman–Crippen LogP) is 4.18. The Balaban J connectivity index is 2.72. The van der Waals surface area contributed by atoms with Crippen molar-refractivity contribution < 1.29 is 14.7 Å². The highest BCUT2D eigenvalue weighted by molar-refractivity contribution is 9.10. The van der Waals surface area contributed by atoms with Crippen LogP contribution in [0.4, 0.5) is 10.5 Å². The molecular weight excluding hydrogens is 360 g/mol. The molecule has 0 radical (unpaired) electrons. The molecule has 0 aromatic heterocycles. The van der Waals surface area contributed by atoms with Crippen LogP contribution in [0.25, 0.3) is 0 Å². The monoisotopic (exact) mass is 376 g/mol. The van der Waals surface area contributed by atoms with Crippen molar-refractivity contribution in [2.24, 2.45) is 0 Å². The van der Waals surface area contributed by atoms with E-state index in [1.807, 2.05) is 13.8 Å². The smallest absolute Gasteiger partial charge is 0.326 e. The molecule has 1 aromatic rings. The van der Waals surface area contributed by atoms with Gasteiger partial charge >= 0.3 is 12.0 Å². The van der Waals surface area contributed by atoms with Crippen molar-refractivity contribution in [1.82, 2.24) is 5.32 Å². The van der Waals surface area contributed by atoms with Crippen LogP contribution in [0, 0.1) is 6.92 Å². The molecule has 0 spiro atoms. The molecule has 0 unspecified atom stereocenters. The lowest BCUT2D eigenvalue weighted by molar-refractivity contribution is -0.139. The molecule has 0 aliphatic rings. The summed E-state index contributed by atoms with van der Waals surface area (Å²) in [5, 5.41) is 14.6. The lowest BCUT2D eigenvalue weighted by Gasteiger charge is -2.16. The molecule has 3 N–H and O–H groups in total. The average molecular weight is 378 g/mol. The molecule has 1 atom stereocenters. The predicted molar refractivity (Wildman–Crippen MR) is 87.0 cm³/mol. The maximum atomic E-state index is 11.9. The number of rotatable bonds is 6. The van der Waals surface area contributed by atoms with Gasteiger partial charge in [0.1, 0.15) is 6.04 Å². The molecule has 2 amide bonds. The van der Waals surface area contributed by atoms with Crippen LogP contribution in [0.2, 0.25) is 5.02 Å². The number of nitrogens with one attached hydrogen (secondary N) is 2. The van der Waals surface area contributed by atoms with Crippen LogP contribution in [-0.2, 0) is 4.79 Å². The normalized spacial score (nSPS) is 11.8. The number of benzene rings is 1. The molecular formula is C14H18BrClN2O3. The molecule has 21 heavy (non-hydrogen) atoms. The fourth-order valence-electron chi connectivity index (χ4n) is 1.72. The topological polar surface area (TPSA) is 78.4 Å². The van der Waals surface area contributed by atoms with Crippen LogP contribution < -0.4 is 10.6 Å². The van der Waals surface area contributed by atoms with E-state index >= 15 is 0 Å². The summed E-state index contributed by atoms with van der Waals surface area (Å²) in [5.41, 5.74) is 1.36. The van der Waals surface area contributed by atoms with Gasteiger partial charge in [-0.05, 0) is 47.0 Å². The number of carbonyl (C=O) groups excluding carboxylic acids is 1. The lowest BCUT2D eigenvalue weighted by Crippen LogP contribution is -2.43. The lowest BCUT2D eigenvalue weighted by atomic mass is 10.1.